The van der Waals surface area contributed by atoms with Crippen molar-refractivity contribution in [3.63, 3.8) is 0 Å². The predicted octanol–water partition coefficient (Wildman–Crippen LogP) is 2.80. The van der Waals surface area contributed by atoms with Crippen molar-refractivity contribution in [1.29, 1.82) is 0 Å². The first-order valence-corrected chi connectivity index (χ1v) is 5.79. The molecule has 1 unspecified atom stereocenters. The van der Waals surface area contributed by atoms with Gasteiger partial charge in [0.2, 0.25) is 0 Å². The molecule has 0 bridgehead atoms. The molecule has 0 radical (unpaired) electrons. The lowest BCUT2D eigenvalue weighted by Gasteiger charge is -2.19. The summed E-state index contributed by atoms with van der Waals surface area (Å²) in [4.78, 5) is 0. The number of hydrogen-bond acceptors (Lipinski definition) is 3. The maximum Gasteiger partial charge on any atom is 0.0664 e. The van der Waals surface area contributed by atoms with E-state index in [1.807, 2.05) is 19.1 Å². The number of nitrogen functional groups attached to an aromatic ring is 1. The van der Waals surface area contributed by atoms with E-state index < -0.39 is 0 Å². The molecule has 0 aliphatic rings. The van der Waals surface area contributed by atoms with Crippen LogP contribution in [0.15, 0.2) is 18.2 Å². The van der Waals surface area contributed by atoms with Crippen LogP contribution in [-0.2, 0) is 4.74 Å². The fraction of sp³-hybridized carbons (Fsp3) is 0.538. The summed E-state index contributed by atoms with van der Waals surface area (Å²) in [6, 6.07) is 6.40. The van der Waals surface area contributed by atoms with Crippen LogP contribution in [-0.4, -0.2) is 19.8 Å². The van der Waals surface area contributed by atoms with E-state index in [0.29, 0.717) is 6.04 Å². The Hall–Kier alpha value is -1.22. The molecule has 1 aromatic rings. The van der Waals surface area contributed by atoms with Gasteiger partial charge in [0.05, 0.1) is 6.61 Å². The summed E-state index contributed by atoms with van der Waals surface area (Å²) in [5, 5.41) is 3.47. The van der Waals surface area contributed by atoms with Crippen molar-refractivity contribution in [3.05, 3.63) is 23.8 Å². The average Bonchev–Trinajstić information content (AvgIpc) is 2.24. The molecule has 3 heteroatoms. The number of rotatable bonds is 6. The third kappa shape index (κ3) is 3.74. The van der Waals surface area contributed by atoms with Crippen molar-refractivity contribution in [2.75, 3.05) is 24.8 Å². The first-order chi connectivity index (χ1) is 7.67. The average molecular weight is 222 g/mol. The first-order valence-electron chi connectivity index (χ1n) is 5.79. The molecule has 0 saturated heterocycles. The molecular weight excluding hydrogens is 200 g/mol. The lowest BCUT2D eigenvalue weighted by atomic mass is 10.1. The van der Waals surface area contributed by atoms with E-state index >= 15 is 0 Å². The largest absolute Gasteiger partial charge is 0.399 e. The van der Waals surface area contributed by atoms with Crippen molar-refractivity contribution in [1.82, 2.24) is 0 Å². The van der Waals surface area contributed by atoms with Crippen LogP contribution in [0.5, 0.6) is 0 Å². The first kappa shape index (κ1) is 12.8. The number of ether oxygens (including phenoxy) is 1. The molecule has 0 spiro atoms. The predicted molar refractivity (Wildman–Crippen MR) is 69.8 cm³/mol. The highest BCUT2D eigenvalue weighted by Crippen LogP contribution is 2.18. The van der Waals surface area contributed by atoms with Crippen LogP contribution in [0.4, 0.5) is 11.4 Å². The van der Waals surface area contributed by atoms with Gasteiger partial charge in [-0.25, -0.2) is 0 Å². The van der Waals surface area contributed by atoms with Gasteiger partial charge in [0.15, 0.2) is 0 Å². The molecule has 0 aromatic heterocycles. The second-order valence-corrected chi connectivity index (χ2v) is 4.16. The second-order valence-electron chi connectivity index (χ2n) is 4.16. The van der Waals surface area contributed by atoms with Crippen molar-refractivity contribution in [2.45, 2.75) is 32.7 Å². The maximum absolute atomic E-state index is 5.78. The Kier molecular flexibility index (Phi) is 5.12. The summed E-state index contributed by atoms with van der Waals surface area (Å²) in [5.41, 5.74) is 8.84. The molecule has 16 heavy (non-hydrogen) atoms. The highest BCUT2D eigenvalue weighted by atomic mass is 16.5. The molecule has 0 aliphatic carbocycles. The topological polar surface area (TPSA) is 47.3 Å². The maximum atomic E-state index is 5.78. The molecule has 1 atom stereocenters. The van der Waals surface area contributed by atoms with Crippen molar-refractivity contribution in [2.24, 2.45) is 0 Å². The molecule has 90 valence electrons. The Labute approximate surface area is 98.0 Å². The third-order valence-corrected chi connectivity index (χ3v) is 2.65. The SMILES string of the molecule is CCCC(COC)Nc1ccc(N)c(C)c1. The van der Waals surface area contributed by atoms with E-state index in [1.165, 1.54) is 0 Å². The van der Waals surface area contributed by atoms with E-state index in [1.54, 1.807) is 7.11 Å². The van der Waals surface area contributed by atoms with Gasteiger partial charge in [0.1, 0.15) is 0 Å². The van der Waals surface area contributed by atoms with Gasteiger partial charge >= 0.3 is 0 Å². The number of aryl methyl sites for hydroxylation is 1. The van der Waals surface area contributed by atoms with Gasteiger partial charge in [-0.2, -0.15) is 0 Å². The molecule has 1 aromatic carbocycles. The van der Waals surface area contributed by atoms with Gasteiger partial charge in [0.25, 0.3) is 0 Å². The van der Waals surface area contributed by atoms with Crippen molar-refractivity contribution >= 4 is 11.4 Å². The van der Waals surface area contributed by atoms with Gasteiger partial charge in [-0.15, -0.1) is 0 Å². The fourth-order valence-electron chi connectivity index (χ4n) is 1.75. The van der Waals surface area contributed by atoms with E-state index in [0.717, 1.165) is 36.4 Å². The lowest BCUT2D eigenvalue weighted by Crippen LogP contribution is -2.24. The molecule has 0 saturated carbocycles. The van der Waals surface area contributed by atoms with E-state index in [2.05, 4.69) is 18.3 Å². The number of nitrogens with two attached hydrogens (primary N) is 1. The molecule has 0 heterocycles. The Bertz CT molecular complexity index is 320. The zero-order valence-electron chi connectivity index (χ0n) is 10.4. The minimum atomic E-state index is 0.373. The van der Waals surface area contributed by atoms with Crippen LogP contribution in [0.3, 0.4) is 0 Å². The number of nitrogens with one attached hydrogen (secondary N) is 1. The van der Waals surface area contributed by atoms with E-state index in [-0.39, 0.29) is 0 Å². The van der Waals surface area contributed by atoms with Crippen LogP contribution >= 0.6 is 0 Å². The van der Waals surface area contributed by atoms with Crippen molar-refractivity contribution < 1.29 is 4.74 Å². The van der Waals surface area contributed by atoms with Crippen LogP contribution in [0.25, 0.3) is 0 Å². The molecule has 0 amide bonds. The normalized spacial score (nSPS) is 12.4. The van der Waals surface area contributed by atoms with Gasteiger partial charge in [0, 0.05) is 24.5 Å². The molecule has 3 nitrogen and oxygen atoms in total. The smallest absolute Gasteiger partial charge is 0.0664 e. The number of hydrogen-bond donors (Lipinski definition) is 2. The summed E-state index contributed by atoms with van der Waals surface area (Å²) in [6.07, 6.45) is 2.26. The molecular formula is C13H22N2O. The minimum absolute atomic E-state index is 0.373. The molecule has 0 fully saturated rings. The molecule has 0 aliphatic heterocycles. The molecule has 1 rings (SSSR count). The van der Waals surface area contributed by atoms with Crippen LogP contribution in [0, 0.1) is 6.92 Å². The van der Waals surface area contributed by atoms with Gasteiger partial charge < -0.3 is 15.8 Å². The minimum Gasteiger partial charge on any atom is -0.399 e. The van der Waals surface area contributed by atoms with E-state index in [9.17, 15) is 0 Å². The zero-order valence-corrected chi connectivity index (χ0v) is 10.4. The van der Waals surface area contributed by atoms with E-state index in [4.69, 9.17) is 10.5 Å². The number of benzene rings is 1. The zero-order chi connectivity index (χ0) is 12.0. The fourth-order valence-corrected chi connectivity index (χ4v) is 1.75. The third-order valence-electron chi connectivity index (χ3n) is 2.65. The summed E-state index contributed by atoms with van der Waals surface area (Å²) >= 11 is 0. The number of methoxy groups -OCH3 is 1. The summed E-state index contributed by atoms with van der Waals surface area (Å²) in [7, 11) is 1.73. The Morgan fingerprint density at radius 2 is 2.19 bits per heavy atom. The summed E-state index contributed by atoms with van der Waals surface area (Å²) < 4.78 is 5.20. The molecule has 3 N–H and O–H groups in total. The monoisotopic (exact) mass is 222 g/mol. The highest BCUT2D eigenvalue weighted by Gasteiger charge is 2.07. The Morgan fingerprint density at radius 1 is 1.44 bits per heavy atom. The van der Waals surface area contributed by atoms with Gasteiger partial charge in [-0.3, -0.25) is 0 Å². The van der Waals surface area contributed by atoms with Crippen LogP contribution in [0.2, 0.25) is 0 Å². The van der Waals surface area contributed by atoms with Crippen molar-refractivity contribution in [3.8, 4) is 0 Å². The quantitative estimate of drug-likeness (QED) is 0.728. The summed E-state index contributed by atoms with van der Waals surface area (Å²) in [6.45, 7) is 4.93. The van der Waals surface area contributed by atoms with Crippen LogP contribution in [0.1, 0.15) is 25.3 Å². The second kappa shape index (κ2) is 6.38. The number of anilines is 2. The van der Waals surface area contributed by atoms with Gasteiger partial charge in [-0.1, -0.05) is 13.3 Å². The Balaban J connectivity index is 2.65. The highest BCUT2D eigenvalue weighted by molar-refractivity contribution is 5.57. The Morgan fingerprint density at radius 3 is 2.75 bits per heavy atom. The summed E-state index contributed by atoms with van der Waals surface area (Å²) in [5.74, 6) is 0. The van der Waals surface area contributed by atoms with Crippen LogP contribution < -0.4 is 11.1 Å². The lowest BCUT2D eigenvalue weighted by molar-refractivity contribution is 0.182. The van der Waals surface area contributed by atoms with Gasteiger partial charge in [-0.05, 0) is 37.1 Å². The standard InChI is InChI=1S/C13H22N2O/c1-4-5-12(9-16-3)15-11-6-7-13(14)10(2)8-11/h6-8,12,15H,4-5,9,14H2,1-3H3.